The molecule has 0 spiro atoms. The van der Waals surface area contributed by atoms with E-state index < -0.39 is 0 Å². The summed E-state index contributed by atoms with van der Waals surface area (Å²) in [6.45, 7) is 1.36. The summed E-state index contributed by atoms with van der Waals surface area (Å²) in [5, 5.41) is 4.63. The Kier molecular flexibility index (Phi) is 6.31. The summed E-state index contributed by atoms with van der Waals surface area (Å²) < 4.78 is 0. The highest BCUT2D eigenvalue weighted by atomic mass is 16.2. The van der Waals surface area contributed by atoms with Crippen LogP contribution in [0.25, 0.3) is 10.8 Å². The Labute approximate surface area is 203 Å². The lowest BCUT2D eigenvalue weighted by atomic mass is 9.94. The van der Waals surface area contributed by atoms with Crippen molar-refractivity contribution in [3.05, 3.63) is 83.4 Å². The molecule has 2 heterocycles. The predicted molar refractivity (Wildman–Crippen MR) is 132 cm³/mol. The largest absolute Gasteiger partial charge is 0.349 e. The maximum atomic E-state index is 13.0. The lowest BCUT2D eigenvalue weighted by Crippen LogP contribution is -2.46. The van der Waals surface area contributed by atoms with E-state index in [1.54, 1.807) is 29.2 Å². The van der Waals surface area contributed by atoms with E-state index in [9.17, 15) is 19.2 Å². The van der Waals surface area contributed by atoms with Gasteiger partial charge in [0.2, 0.25) is 5.91 Å². The quantitative estimate of drug-likeness (QED) is 0.559. The number of nitrogens with zero attached hydrogens (tertiary/aromatic N) is 2. The molecule has 3 aromatic carbocycles. The second-order valence-electron chi connectivity index (χ2n) is 9.07. The first-order valence-electron chi connectivity index (χ1n) is 12.0. The molecule has 1 fully saturated rings. The third-order valence-electron chi connectivity index (χ3n) is 6.85. The summed E-state index contributed by atoms with van der Waals surface area (Å²) in [5.74, 6) is -0.691. The van der Waals surface area contributed by atoms with E-state index in [0.29, 0.717) is 54.4 Å². The zero-order valence-corrected chi connectivity index (χ0v) is 19.4. The number of piperidine rings is 1. The molecule has 7 heteroatoms. The van der Waals surface area contributed by atoms with Gasteiger partial charge in [0.15, 0.2) is 0 Å². The second-order valence-corrected chi connectivity index (χ2v) is 9.07. The Morgan fingerprint density at radius 1 is 0.829 bits per heavy atom. The lowest BCUT2D eigenvalue weighted by Gasteiger charge is -2.33. The fourth-order valence-corrected chi connectivity index (χ4v) is 4.96. The number of carbonyl (C=O) groups excluding carboxylic acids is 4. The van der Waals surface area contributed by atoms with E-state index in [2.05, 4.69) is 5.32 Å². The molecule has 0 bridgehead atoms. The monoisotopic (exact) mass is 469 g/mol. The first-order chi connectivity index (χ1) is 17.0. The van der Waals surface area contributed by atoms with Crippen LogP contribution < -0.4 is 5.32 Å². The fourth-order valence-electron chi connectivity index (χ4n) is 4.96. The molecular weight excluding hydrogens is 442 g/mol. The Balaban J connectivity index is 1.12. The Hall–Kier alpha value is -4.00. The number of likely N-dealkylation sites (tertiary alicyclic amines) is 1. The number of benzene rings is 3. The highest BCUT2D eigenvalue weighted by molar-refractivity contribution is 6.25. The number of imide groups is 1. The predicted octanol–water partition coefficient (Wildman–Crippen LogP) is 3.64. The third-order valence-corrected chi connectivity index (χ3v) is 6.85. The molecule has 0 aliphatic carbocycles. The van der Waals surface area contributed by atoms with Crippen LogP contribution in [0, 0.1) is 0 Å². The van der Waals surface area contributed by atoms with Crippen molar-refractivity contribution >= 4 is 34.4 Å². The molecule has 1 saturated heterocycles. The van der Waals surface area contributed by atoms with Gasteiger partial charge in [-0.25, -0.2) is 0 Å². The van der Waals surface area contributed by atoms with E-state index in [1.807, 2.05) is 42.5 Å². The molecule has 0 radical (unpaired) electrons. The van der Waals surface area contributed by atoms with Gasteiger partial charge in [-0.3, -0.25) is 24.1 Å². The van der Waals surface area contributed by atoms with Gasteiger partial charge in [0.1, 0.15) is 0 Å². The summed E-state index contributed by atoms with van der Waals surface area (Å²) in [6, 6.07) is 20.1. The molecule has 5 rings (SSSR count). The summed E-state index contributed by atoms with van der Waals surface area (Å²) in [6.07, 6.45) is 2.09. The van der Waals surface area contributed by atoms with Crippen molar-refractivity contribution in [3.8, 4) is 0 Å². The molecule has 178 valence electrons. The van der Waals surface area contributed by atoms with Gasteiger partial charge in [-0.1, -0.05) is 42.5 Å². The van der Waals surface area contributed by atoms with E-state index in [4.69, 9.17) is 0 Å². The number of rotatable bonds is 6. The van der Waals surface area contributed by atoms with Crippen molar-refractivity contribution in [1.29, 1.82) is 0 Å². The van der Waals surface area contributed by atoms with Crippen LogP contribution in [-0.2, 0) is 4.79 Å². The SMILES string of the molecule is O=C(NC1CCN(C(=O)CCCN2C(=O)c3cccc4cccc(c34)C2=O)CC1)c1ccccc1. The Morgan fingerprint density at radius 3 is 2.09 bits per heavy atom. The van der Waals surface area contributed by atoms with Crippen LogP contribution in [0.1, 0.15) is 56.8 Å². The minimum atomic E-state index is -0.304. The maximum Gasteiger partial charge on any atom is 0.261 e. The highest BCUT2D eigenvalue weighted by Gasteiger charge is 2.32. The average Bonchev–Trinajstić information content (AvgIpc) is 2.90. The molecule has 0 unspecified atom stereocenters. The van der Waals surface area contributed by atoms with Crippen molar-refractivity contribution in [2.24, 2.45) is 0 Å². The summed E-state index contributed by atoms with van der Waals surface area (Å²) in [7, 11) is 0. The molecule has 7 nitrogen and oxygen atoms in total. The zero-order chi connectivity index (χ0) is 24.4. The van der Waals surface area contributed by atoms with E-state index in [1.165, 1.54) is 4.90 Å². The normalized spacial score (nSPS) is 16.0. The molecule has 3 aromatic rings. The molecule has 2 aliphatic heterocycles. The van der Waals surface area contributed by atoms with Crippen LogP contribution in [0.4, 0.5) is 0 Å². The smallest absolute Gasteiger partial charge is 0.261 e. The van der Waals surface area contributed by atoms with Gasteiger partial charge in [0.25, 0.3) is 17.7 Å². The molecule has 0 atom stereocenters. The molecule has 4 amide bonds. The van der Waals surface area contributed by atoms with E-state index in [-0.39, 0.29) is 42.6 Å². The number of hydrogen-bond acceptors (Lipinski definition) is 4. The second kappa shape index (κ2) is 9.70. The van der Waals surface area contributed by atoms with Crippen molar-refractivity contribution in [2.45, 2.75) is 31.7 Å². The molecule has 1 N–H and O–H groups in total. The first kappa shape index (κ1) is 22.8. The van der Waals surface area contributed by atoms with Gasteiger partial charge in [-0.05, 0) is 48.9 Å². The molecule has 2 aliphatic rings. The fraction of sp³-hybridized carbons (Fsp3) is 0.286. The van der Waals surface area contributed by atoms with Crippen molar-refractivity contribution in [2.75, 3.05) is 19.6 Å². The third kappa shape index (κ3) is 4.54. The molecule has 35 heavy (non-hydrogen) atoms. The average molecular weight is 470 g/mol. The van der Waals surface area contributed by atoms with Gasteiger partial charge < -0.3 is 10.2 Å². The van der Waals surface area contributed by atoms with Gasteiger partial charge in [-0.15, -0.1) is 0 Å². The van der Waals surface area contributed by atoms with Crippen LogP contribution in [-0.4, -0.2) is 59.1 Å². The molecule has 0 saturated carbocycles. The van der Waals surface area contributed by atoms with Gasteiger partial charge >= 0.3 is 0 Å². The molecular formula is C28H27N3O4. The zero-order valence-electron chi connectivity index (χ0n) is 19.4. The van der Waals surface area contributed by atoms with Crippen LogP contribution in [0.2, 0.25) is 0 Å². The Morgan fingerprint density at radius 2 is 1.46 bits per heavy atom. The number of hydrogen-bond donors (Lipinski definition) is 1. The van der Waals surface area contributed by atoms with Crippen molar-refractivity contribution in [3.63, 3.8) is 0 Å². The van der Waals surface area contributed by atoms with Crippen LogP contribution >= 0.6 is 0 Å². The van der Waals surface area contributed by atoms with Crippen LogP contribution in [0.5, 0.6) is 0 Å². The Bertz CT molecular complexity index is 1250. The topological polar surface area (TPSA) is 86.8 Å². The maximum absolute atomic E-state index is 13.0. The minimum Gasteiger partial charge on any atom is -0.349 e. The number of nitrogens with one attached hydrogen (secondary N) is 1. The minimum absolute atomic E-state index is 0.0113. The summed E-state index contributed by atoms with van der Waals surface area (Å²) in [4.78, 5) is 54.2. The van der Waals surface area contributed by atoms with Gasteiger partial charge in [0, 0.05) is 54.2 Å². The van der Waals surface area contributed by atoms with Crippen LogP contribution in [0.15, 0.2) is 66.7 Å². The number of amides is 4. The summed E-state index contributed by atoms with van der Waals surface area (Å²) >= 11 is 0. The van der Waals surface area contributed by atoms with E-state index in [0.717, 1.165) is 5.39 Å². The van der Waals surface area contributed by atoms with E-state index >= 15 is 0 Å². The molecule has 0 aromatic heterocycles. The summed E-state index contributed by atoms with van der Waals surface area (Å²) in [5.41, 5.74) is 1.69. The van der Waals surface area contributed by atoms with Crippen LogP contribution in [0.3, 0.4) is 0 Å². The number of carbonyl (C=O) groups is 4. The first-order valence-corrected chi connectivity index (χ1v) is 12.0. The lowest BCUT2D eigenvalue weighted by molar-refractivity contribution is -0.132. The van der Waals surface area contributed by atoms with Gasteiger partial charge in [0.05, 0.1) is 0 Å². The standard InChI is InChI=1S/C28H27N3O4/c32-24(30-17-14-21(15-18-30)29-26(33)20-7-2-1-3-8-20)13-6-16-31-27(34)22-11-4-9-19-10-5-12-23(25(19)22)28(31)35/h1-5,7-12,21H,6,13-18H2,(H,29,33). The highest BCUT2D eigenvalue weighted by Crippen LogP contribution is 2.30. The van der Waals surface area contributed by atoms with Crippen molar-refractivity contribution < 1.29 is 19.2 Å². The van der Waals surface area contributed by atoms with Crippen molar-refractivity contribution in [1.82, 2.24) is 15.1 Å². The van der Waals surface area contributed by atoms with Gasteiger partial charge in [-0.2, -0.15) is 0 Å².